The smallest absolute Gasteiger partial charge is 0.235 e. The highest BCUT2D eigenvalue weighted by Crippen LogP contribution is 2.23. The number of carbonyl (C=O) groups excluding carboxylic acids is 1. The standard InChI is InChI=1S/C15H21ClN2O3S/c16-12-5-7-13(8-6-12)22(20,21)10-15(19)18-14-4-2-1-3-11(14)9-17/h5-8,11,14H,1-4,9-10,17H2,(H,18,19). The summed E-state index contributed by atoms with van der Waals surface area (Å²) in [6, 6.07) is 5.80. The van der Waals surface area contributed by atoms with Gasteiger partial charge in [-0.15, -0.1) is 0 Å². The zero-order valence-corrected chi connectivity index (χ0v) is 13.9. The van der Waals surface area contributed by atoms with Gasteiger partial charge in [0.25, 0.3) is 0 Å². The van der Waals surface area contributed by atoms with Gasteiger partial charge in [0.2, 0.25) is 5.91 Å². The van der Waals surface area contributed by atoms with Crippen LogP contribution in [0.4, 0.5) is 0 Å². The number of nitrogens with two attached hydrogens (primary N) is 1. The minimum atomic E-state index is -3.65. The molecular formula is C15H21ClN2O3S. The van der Waals surface area contributed by atoms with E-state index >= 15 is 0 Å². The van der Waals surface area contributed by atoms with Crippen LogP contribution >= 0.6 is 11.6 Å². The first-order chi connectivity index (χ1) is 10.4. The molecule has 0 saturated heterocycles. The van der Waals surface area contributed by atoms with Crippen molar-refractivity contribution in [2.45, 2.75) is 36.6 Å². The molecule has 0 bridgehead atoms. The van der Waals surface area contributed by atoms with Gasteiger partial charge in [-0.05, 0) is 49.6 Å². The molecule has 0 radical (unpaired) electrons. The molecule has 1 aliphatic carbocycles. The van der Waals surface area contributed by atoms with Crippen molar-refractivity contribution in [3.8, 4) is 0 Å². The second-order valence-electron chi connectivity index (χ2n) is 5.67. The van der Waals surface area contributed by atoms with E-state index in [0.29, 0.717) is 11.6 Å². The quantitative estimate of drug-likeness (QED) is 0.851. The average molecular weight is 345 g/mol. The molecule has 1 amide bonds. The van der Waals surface area contributed by atoms with Crippen LogP contribution in [0.3, 0.4) is 0 Å². The first kappa shape index (κ1) is 17.2. The molecule has 0 aliphatic heterocycles. The van der Waals surface area contributed by atoms with Gasteiger partial charge in [-0.2, -0.15) is 0 Å². The molecule has 1 aliphatic rings. The predicted molar refractivity (Wildman–Crippen MR) is 86.4 cm³/mol. The van der Waals surface area contributed by atoms with E-state index < -0.39 is 21.5 Å². The van der Waals surface area contributed by atoms with Gasteiger partial charge in [0, 0.05) is 11.1 Å². The molecule has 1 aromatic carbocycles. The van der Waals surface area contributed by atoms with Crippen molar-refractivity contribution in [3.63, 3.8) is 0 Å². The molecule has 2 rings (SSSR count). The summed E-state index contributed by atoms with van der Waals surface area (Å²) in [5.74, 6) is -0.793. The fraction of sp³-hybridized carbons (Fsp3) is 0.533. The number of amides is 1. The maximum atomic E-state index is 12.2. The second kappa shape index (κ2) is 7.44. The van der Waals surface area contributed by atoms with Crippen molar-refractivity contribution in [1.29, 1.82) is 0 Å². The molecule has 1 fully saturated rings. The van der Waals surface area contributed by atoms with Gasteiger partial charge in [-0.25, -0.2) is 8.42 Å². The van der Waals surface area contributed by atoms with Gasteiger partial charge >= 0.3 is 0 Å². The Bertz CT molecular complexity index is 616. The minimum Gasteiger partial charge on any atom is -0.352 e. The van der Waals surface area contributed by atoms with Crippen molar-refractivity contribution in [1.82, 2.24) is 5.32 Å². The Balaban J connectivity index is 2.00. The number of carbonyl (C=O) groups is 1. The zero-order chi connectivity index (χ0) is 16.2. The Morgan fingerprint density at radius 2 is 1.86 bits per heavy atom. The lowest BCUT2D eigenvalue weighted by Crippen LogP contribution is -2.46. The Morgan fingerprint density at radius 1 is 1.23 bits per heavy atom. The number of rotatable bonds is 5. The maximum absolute atomic E-state index is 12.2. The van der Waals surface area contributed by atoms with Crippen LogP contribution in [-0.2, 0) is 14.6 Å². The van der Waals surface area contributed by atoms with E-state index in [1.54, 1.807) is 0 Å². The van der Waals surface area contributed by atoms with Crippen LogP contribution in [0.2, 0.25) is 5.02 Å². The van der Waals surface area contributed by atoms with Crippen molar-refractivity contribution in [2.24, 2.45) is 11.7 Å². The first-order valence-corrected chi connectivity index (χ1v) is 9.43. The fourth-order valence-corrected chi connectivity index (χ4v) is 4.10. The molecule has 1 aromatic rings. The lowest BCUT2D eigenvalue weighted by Gasteiger charge is -2.31. The normalized spacial score (nSPS) is 22.3. The third-order valence-corrected chi connectivity index (χ3v) is 5.94. The molecule has 22 heavy (non-hydrogen) atoms. The highest BCUT2D eigenvalue weighted by molar-refractivity contribution is 7.92. The summed E-state index contributed by atoms with van der Waals surface area (Å²) < 4.78 is 24.4. The molecular weight excluding hydrogens is 324 g/mol. The predicted octanol–water partition coefficient (Wildman–Crippen LogP) is 1.75. The topological polar surface area (TPSA) is 89.3 Å². The van der Waals surface area contributed by atoms with Crippen LogP contribution < -0.4 is 11.1 Å². The number of hydrogen-bond acceptors (Lipinski definition) is 4. The molecule has 0 spiro atoms. The average Bonchev–Trinajstić information content (AvgIpc) is 2.47. The Hall–Kier alpha value is -1.11. The molecule has 0 aromatic heterocycles. The Morgan fingerprint density at radius 3 is 2.50 bits per heavy atom. The van der Waals surface area contributed by atoms with Crippen LogP contribution in [0.1, 0.15) is 25.7 Å². The number of nitrogens with one attached hydrogen (secondary N) is 1. The van der Waals surface area contributed by atoms with Crippen LogP contribution in [0.15, 0.2) is 29.2 Å². The summed E-state index contributed by atoms with van der Waals surface area (Å²) >= 11 is 5.74. The summed E-state index contributed by atoms with van der Waals surface area (Å²) in [6.07, 6.45) is 3.97. The van der Waals surface area contributed by atoms with E-state index in [0.717, 1.165) is 25.7 Å². The Kier molecular flexibility index (Phi) is 5.83. The molecule has 122 valence electrons. The van der Waals surface area contributed by atoms with Crippen molar-refractivity contribution >= 4 is 27.3 Å². The van der Waals surface area contributed by atoms with E-state index in [-0.39, 0.29) is 16.9 Å². The van der Waals surface area contributed by atoms with Crippen LogP contribution in [-0.4, -0.2) is 32.7 Å². The largest absolute Gasteiger partial charge is 0.352 e. The molecule has 2 unspecified atom stereocenters. The van der Waals surface area contributed by atoms with E-state index in [4.69, 9.17) is 17.3 Å². The van der Waals surface area contributed by atoms with Gasteiger partial charge in [0.1, 0.15) is 5.75 Å². The number of benzene rings is 1. The summed E-state index contributed by atoms with van der Waals surface area (Å²) in [5.41, 5.74) is 5.72. The molecule has 3 N–H and O–H groups in total. The number of sulfone groups is 1. The number of hydrogen-bond donors (Lipinski definition) is 2. The minimum absolute atomic E-state index is 0.0216. The monoisotopic (exact) mass is 344 g/mol. The third-order valence-electron chi connectivity index (χ3n) is 4.05. The van der Waals surface area contributed by atoms with Crippen LogP contribution in [0.5, 0.6) is 0 Å². The van der Waals surface area contributed by atoms with Crippen molar-refractivity contribution in [3.05, 3.63) is 29.3 Å². The molecule has 2 atom stereocenters. The molecule has 0 heterocycles. The molecule has 5 nitrogen and oxygen atoms in total. The lowest BCUT2D eigenvalue weighted by molar-refractivity contribution is -0.119. The maximum Gasteiger partial charge on any atom is 0.235 e. The highest BCUT2D eigenvalue weighted by atomic mass is 35.5. The molecule has 7 heteroatoms. The van der Waals surface area contributed by atoms with Crippen LogP contribution in [0.25, 0.3) is 0 Å². The summed E-state index contributed by atoms with van der Waals surface area (Å²) in [4.78, 5) is 12.2. The van der Waals surface area contributed by atoms with Gasteiger partial charge in [0.15, 0.2) is 9.84 Å². The second-order valence-corrected chi connectivity index (χ2v) is 8.09. The summed E-state index contributed by atoms with van der Waals surface area (Å²) in [6.45, 7) is 0.509. The molecule has 1 saturated carbocycles. The van der Waals surface area contributed by atoms with Gasteiger partial charge in [-0.3, -0.25) is 4.79 Å². The van der Waals surface area contributed by atoms with Crippen molar-refractivity contribution in [2.75, 3.05) is 12.3 Å². The van der Waals surface area contributed by atoms with E-state index in [2.05, 4.69) is 5.32 Å². The van der Waals surface area contributed by atoms with Gasteiger partial charge in [-0.1, -0.05) is 24.4 Å². The van der Waals surface area contributed by atoms with E-state index in [1.807, 2.05) is 0 Å². The van der Waals surface area contributed by atoms with E-state index in [1.165, 1.54) is 24.3 Å². The summed E-state index contributed by atoms with van der Waals surface area (Å²) in [5, 5.41) is 3.29. The Labute approximate surface area is 136 Å². The highest BCUT2D eigenvalue weighted by Gasteiger charge is 2.27. The first-order valence-electron chi connectivity index (χ1n) is 7.40. The number of halogens is 1. The third kappa shape index (κ3) is 4.44. The summed E-state index contributed by atoms with van der Waals surface area (Å²) in [7, 11) is -3.65. The van der Waals surface area contributed by atoms with Crippen LogP contribution in [0, 0.1) is 5.92 Å². The van der Waals surface area contributed by atoms with Crippen molar-refractivity contribution < 1.29 is 13.2 Å². The van der Waals surface area contributed by atoms with E-state index in [9.17, 15) is 13.2 Å². The van der Waals surface area contributed by atoms with Gasteiger partial charge in [0.05, 0.1) is 4.90 Å². The fourth-order valence-electron chi connectivity index (χ4n) is 2.83. The zero-order valence-electron chi connectivity index (χ0n) is 12.3. The lowest BCUT2D eigenvalue weighted by atomic mass is 9.84. The SMILES string of the molecule is NCC1CCCCC1NC(=O)CS(=O)(=O)c1ccc(Cl)cc1. The van der Waals surface area contributed by atoms with Gasteiger partial charge < -0.3 is 11.1 Å².